The lowest BCUT2D eigenvalue weighted by Crippen LogP contribution is -2.30. The van der Waals surface area contributed by atoms with Gasteiger partial charge in [-0.1, -0.05) is 37.6 Å². The lowest BCUT2D eigenvalue weighted by atomic mass is 9.93. The molecule has 2 aromatic carbocycles. The first-order valence-electron chi connectivity index (χ1n) is 9.23. The van der Waals surface area contributed by atoms with E-state index in [-0.39, 0.29) is 6.17 Å². The zero-order valence-electron chi connectivity index (χ0n) is 16.9. The average molecular weight is 306 g/mol. The van der Waals surface area contributed by atoms with Crippen LogP contribution >= 0.6 is 0 Å². The van der Waals surface area contributed by atoms with Gasteiger partial charge in [0.15, 0.2) is 6.17 Å². The van der Waals surface area contributed by atoms with Crippen molar-refractivity contribution < 1.29 is 7.31 Å². The third kappa shape index (κ3) is 2.76. The second kappa shape index (κ2) is 5.81. The van der Waals surface area contributed by atoms with Crippen molar-refractivity contribution in [3.63, 3.8) is 0 Å². The van der Waals surface area contributed by atoms with E-state index in [1.54, 1.807) is 0 Å². The molecule has 3 aromatic rings. The highest BCUT2D eigenvalue weighted by molar-refractivity contribution is 5.94. The van der Waals surface area contributed by atoms with E-state index in [0.29, 0.717) is 12.0 Å². The van der Waals surface area contributed by atoms with Crippen molar-refractivity contribution in [3.8, 4) is 11.3 Å². The van der Waals surface area contributed by atoms with Crippen LogP contribution in [0.1, 0.15) is 44.8 Å². The Balaban J connectivity index is 2.47. The number of pyridine rings is 1. The number of hydrogen-bond acceptors (Lipinski definition) is 0. The maximum absolute atomic E-state index is 8.46. The summed E-state index contributed by atoms with van der Waals surface area (Å²) in [5.41, 5.74) is 7.08. The topological polar surface area (TPSA) is 3.88 Å². The molecule has 1 nitrogen and oxygen atoms in total. The fourth-order valence-corrected chi connectivity index (χ4v) is 3.22. The Morgan fingerprint density at radius 1 is 1.04 bits per heavy atom. The van der Waals surface area contributed by atoms with E-state index < -0.39 is 0 Å². The average Bonchev–Trinajstić information content (AvgIpc) is 2.56. The number of aromatic nitrogens is 1. The van der Waals surface area contributed by atoms with Crippen LogP contribution in [0, 0.1) is 20.8 Å². The van der Waals surface area contributed by atoms with E-state index in [2.05, 4.69) is 65.0 Å². The van der Waals surface area contributed by atoms with Crippen LogP contribution in [-0.4, -0.2) is 0 Å². The molecule has 0 fully saturated rings. The molecule has 0 aliphatic carbocycles. The number of fused-ring (bicyclic) bond motifs is 1. The number of benzene rings is 2. The highest BCUT2D eigenvalue weighted by Crippen LogP contribution is 2.31. The quantitative estimate of drug-likeness (QED) is 0.560. The second-order valence-electron chi connectivity index (χ2n) is 6.86. The molecule has 1 aromatic heterocycles. The van der Waals surface area contributed by atoms with Crippen molar-refractivity contribution in [1.29, 1.82) is 0 Å². The molecule has 0 atom stereocenters. The standard InChI is InChI=1S/C22H26N/c1-14(2)18-7-8-20-19(13-18)9-10-23(6)22(20)21-12-15(3)11-16(4)17(21)5/h7-14H,1-6H3/q+1/i9D,10D. The van der Waals surface area contributed by atoms with Crippen LogP contribution in [0.3, 0.4) is 0 Å². The second-order valence-corrected chi connectivity index (χ2v) is 6.86. The Kier molecular flexibility index (Phi) is 3.36. The van der Waals surface area contributed by atoms with Crippen molar-refractivity contribution in [3.05, 3.63) is 64.8 Å². The molecule has 23 heavy (non-hydrogen) atoms. The number of aryl methyl sites for hydroxylation is 2. The van der Waals surface area contributed by atoms with Gasteiger partial charge in [-0.15, -0.1) is 0 Å². The summed E-state index contributed by atoms with van der Waals surface area (Å²) in [6.45, 7) is 10.7. The van der Waals surface area contributed by atoms with Crippen molar-refractivity contribution in [2.24, 2.45) is 7.05 Å². The maximum Gasteiger partial charge on any atom is 0.220 e. The van der Waals surface area contributed by atoms with Crippen molar-refractivity contribution in [2.75, 3.05) is 0 Å². The summed E-state index contributed by atoms with van der Waals surface area (Å²) in [5, 5.41) is 1.91. The minimum absolute atomic E-state index is 0.252. The molecule has 0 radical (unpaired) electrons. The van der Waals surface area contributed by atoms with Crippen LogP contribution in [0.25, 0.3) is 22.0 Å². The van der Waals surface area contributed by atoms with Gasteiger partial charge in [-0.3, -0.25) is 0 Å². The van der Waals surface area contributed by atoms with Gasteiger partial charge in [-0.25, -0.2) is 4.57 Å². The van der Waals surface area contributed by atoms with E-state index in [0.717, 1.165) is 22.0 Å². The maximum atomic E-state index is 8.46. The zero-order valence-corrected chi connectivity index (χ0v) is 14.9. The Bertz CT molecular complexity index is 987. The summed E-state index contributed by atoms with van der Waals surface area (Å²) in [6, 6.07) is 11.0. The smallest absolute Gasteiger partial charge is 0.200 e. The van der Waals surface area contributed by atoms with Gasteiger partial charge < -0.3 is 0 Å². The summed E-state index contributed by atoms with van der Waals surface area (Å²) in [6.07, 6.45) is 0.252. The molecule has 1 heteroatoms. The highest BCUT2D eigenvalue weighted by Gasteiger charge is 2.18. The van der Waals surface area contributed by atoms with E-state index in [9.17, 15) is 0 Å². The van der Waals surface area contributed by atoms with E-state index in [4.69, 9.17) is 2.74 Å². The fraction of sp³-hybridized carbons (Fsp3) is 0.318. The third-order valence-electron chi connectivity index (χ3n) is 4.73. The molecule has 0 N–H and O–H groups in total. The first-order chi connectivity index (χ1) is 11.7. The van der Waals surface area contributed by atoms with E-state index >= 15 is 0 Å². The third-order valence-corrected chi connectivity index (χ3v) is 4.73. The number of hydrogen-bond donors (Lipinski definition) is 0. The molecule has 0 bridgehead atoms. The van der Waals surface area contributed by atoms with Gasteiger partial charge in [-0.2, -0.15) is 0 Å². The van der Waals surface area contributed by atoms with Gasteiger partial charge in [0, 0.05) is 6.04 Å². The molecule has 3 rings (SSSR count). The van der Waals surface area contributed by atoms with Gasteiger partial charge in [0.25, 0.3) is 0 Å². The summed E-state index contributed by atoms with van der Waals surface area (Å²) in [4.78, 5) is 0. The minimum atomic E-state index is 0.252. The van der Waals surface area contributed by atoms with Crippen LogP contribution in [0.4, 0.5) is 0 Å². The monoisotopic (exact) mass is 306 g/mol. The Morgan fingerprint density at radius 2 is 1.78 bits per heavy atom. The molecule has 0 aliphatic rings. The first-order valence-corrected chi connectivity index (χ1v) is 8.23. The lowest BCUT2D eigenvalue weighted by molar-refractivity contribution is -0.659. The summed E-state index contributed by atoms with van der Waals surface area (Å²) in [7, 11) is 1.89. The van der Waals surface area contributed by atoms with Gasteiger partial charge >= 0.3 is 0 Å². The Morgan fingerprint density at radius 3 is 2.48 bits per heavy atom. The lowest BCUT2D eigenvalue weighted by Gasteiger charge is -2.12. The molecular weight excluding hydrogens is 278 g/mol. The van der Waals surface area contributed by atoms with Crippen molar-refractivity contribution in [2.45, 2.75) is 40.5 Å². The van der Waals surface area contributed by atoms with Crippen LogP contribution in [0.5, 0.6) is 0 Å². The van der Waals surface area contributed by atoms with Crippen LogP contribution in [0.15, 0.2) is 42.5 Å². The minimum Gasteiger partial charge on any atom is -0.200 e. The number of nitrogens with zero attached hydrogens (tertiary/aromatic N) is 1. The fourth-order valence-electron chi connectivity index (χ4n) is 3.22. The van der Waals surface area contributed by atoms with E-state index in [1.807, 2.05) is 11.6 Å². The van der Waals surface area contributed by atoms with Crippen LogP contribution in [0.2, 0.25) is 0 Å². The van der Waals surface area contributed by atoms with Crippen LogP contribution < -0.4 is 4.57 Å². The summed E-state index contributed by atoms with van der Waals surface area (Å²) >= 11 is 0. The van der Waals surface area contributed by atoms with Gasteiger partial charge in [0.2, 0.25) is 5.69 Å². The summed E-state index contributed by atoms with van der Waals surface area (Å²) in [5.74, 6) is 0.401. The normalized spacial score (nSPS) is 12.7. The molecule has 118 valence electrons. The van der Waals surface area contributed by atoms with Crippen LogP contribution in [-0.2, 0) is 7.05 Å². The molecule has 0 saturated heterocycles. The van der Waals surface area contributed by atoms with Gasteiger partial charge in [0.1, 0.15) is 8.42 Å². The largest absolute Gasteiger partial charge is 0.220 e. The zero-order chi connectivity index (χ0) is 18.5. The van der Waals surface area contributed by atoms with Crippen molar-refractivity contribution >= 4 is 10.8 Å². The first kappa shape index (κ1) is 13.3. The van der Waals surface area contributed by atoms with Crippen molar-refractivity contribution in [1.82, 2.24) is 0 Å². The Hall–Kier alpha value is -2.15. The molecule has 0 unspecified atom stereocenters. The Labute approximate surface area is 142 Å². The highest BCUT2D eigenvalue weighted by atomic mass is 14.9. The molecular formula is C22H26N+. The van der Waals surface area contributed by atoms with Gasteiger partial charge in [-0.05, 0) is 60.9 Å². The molecule has 0 amide bonds. The van der Waals surface area contributed by atoms with Gasteiger partial charge in [0.05, 0.1) is 12.3 Å². The molecule has 0 aliphatic heterocycles. The SMILES string of the molecule is [2H]c1c([2H])[n+](C)c(-c2cc(C)cc(C)c2C)c2ccc(C(C)C)cc12. The predicted molar refractivity (Wildman–Crippen MR) is 98.9 cm³/mol. The molecule has 1 heterocycles. The molecule has 0 saturated carbocycles. The van der Waals surface area contributed by atoms with E-state index in [1.165, 1.54) is 22.3 Å². The summed E-state index contributed by atoms with van der Waals surface area (Å²) < 4.78 is 18.8. The predicted octanol–water partition coefficient (Wildman–Crippen LogP) is 5.38. The number of rotatable bonds is 2. The molecule has 0 spiro atoms.